The summed E-state index contributed by atoms with van der Waals surface area (Å²) in [5, 5.41) is 26.3. The maximum absolute atomic E-state index is 15.3. The maximum atomic E-state index is 15.3. The largest absolute Gasteiger partial charge is 0.496 e. The lowest BCUT2D eigenvalue weighted by Crippen LogP contribution is -2.81. The molecular formula is C48H62N4O8. The zero-order chi connectivity index (χ0) is 42.6. The fourth-order valence-electron chi connectivity index (χ4n) is 13.7. The Balaban J connectivity index is 1.34. The van der Waals surface area contributed by atoms with Crippen molar-refractivity contribution in [3.8, 4) is 5.75 Å². The van der Waals surface area contributed by atoms with E-state index in [1.54, 1.807) is 14.0 Å². The highest BCUT2D eigenvalue weighted by Crippen LogP contribution is 2.68. The van der Waals surface area contributed by atoms with Gasteiger partial charge in [0, 0.05) is 84.0 Å². The van der Waals surface area contributed by atoms with E-state index in [9.17, 15) is 15.0 Å². The third kappa shape index (κ3) is 5.35. The van der Waals surface area contributed by atoms with E-state index in [4.69, 9.17) is 18.9 Å². The van der Waals surface area contributed by atoms with Gasteiger partial charge in [0.25, 0.3) is 0 Å². The number of hydrogen-bond acceptors (Lipinski definition) is 11. The second-order valence-corrected chi connectivity index (χ2v) is 18.7. The van der Waals surface area contributed by atoms with Gasteiger partial charge in [-0.25, -0.2) is 4.79 Å². The number of fused-ring (bicyclic) bond motifs is 6. The molecule has 322 valence electrons. The Morgan fingerprint density at radius 3 is 2.45 bits per heavy atom. The molecule has 12 heteroatoms. The van der Waals surface area contributed by atoms with Crippen LogP contribution in [0.1, 0.15) is 81.7 Å². The minimum Gasteiger partial charge on any atom is -0.496 e. The number of nitrogens with zero attached hydrogens (tertiary/aromatic N) is 3. The molecule has 1 spiro atoms. The number of aliphatic hydroxyl groups is 2. The minimum atomic E-state index is -2.14. The van der Waals surface area contributed by atoms with Gasteiger partial charge in [0.1, 0.15) is 11.2 Å². The number of ether oxygens (including phenoxy) is 4. The van der Waals surface area contributed by atoms with E-state index >= 15 is 4.79 Å². The summed E-state index contributed by atoms with van der Waals surface area (Å²) in [6.45, 7) is 13.6. The first kappa shape index (κ1) is 41.0. The number of nitrogens with one attached hydrogen (secondary N) is 1. The predicted molar refractivity (Wildman–Crippen MR) is 229 cm³/mol. The first-order chi connectivity index (χ1) is 28.7. The summed E-state index contributed by atoms with van der Waals surface area (Å²) in [6.07, 6.45) is 7.53. The van der Waals surface area contributed by atoms with Crippen molar-refractivity contribution in [2.75, 3.05) is 66.0 Å². The topological polar surface area (TPSA) is 137 Å². The van der Waals surface area contributed by atoms with Crippen LogP contribution in [0.5, 0.6) is 5.75 Å². The van der Waals surface area contributed by atoms with Gasteiger partial charge in [-0.2, -0.15) is 0 Å². The third-order valence-electron chi connectivity index (χ3n) is 16.0. The predicted octanol–water partition coefficient (Wildman–Crippen LogP) is 5.37. The Hall–Kier alpha value is -4.36. The van der Waals surface area contributed by atoms with Gasteiger partial charge in [0.15, 0.2) is 6.10 Å². The number of allylic oxidation sites excluding steroid dienone is 1. The van der Waals surface area contributed by atoms with E-state index in [1.165, 1.54) is 14.2 Å². The Morgan fingerprint density at radius 2 is 1.75 bits per heavy atom. The summed E-state index contributed by atoms with van der Waals surface area (Å²) in [7, 11) is 6.35. The minimum absolute atomic E-state index is 0.134. The van der Waals surface area contributed by atoms with Crippen LogP contribution < -0.4 is 9.64 Å². The highest BCUT2D eigenvalue weighted by molar-refractivity contribution is 5.94. The van der Waals surface area contributed by atoms with E-state index in [0.29, 0.717) is 75.1 Å². The number of aromatic amines is 1. The van der Waals surface area contributed by atoms with Gasteiger partial charge >= 0.3 is 11.9 Å². The van der Waals surface area contributed by atoms with Crippen LogP contribution in [0.2, 0.25) is 0 Å². The summed E-state index contributed by atoms with van der Waals surface area (Å²) in [5.41, 5.74) is -0.733. The zero-order valence-corrected chi connectivity index (χ0v) is 36.3. The number of carbonyl (C=O) groups excluding carboxylic acids is 2. The summed E-state index contributed by atoms with van der Waals surface area (Å²) in [6, 6.07) is 11.4. The Labute approximate surface area is 353 Å². The fourth-order valence-corrected chi connectivity index (χ4v) is 13.7. The number of hydrogen-bond donors (Lipinski definition) is 3. The number of methoxy groups -OCH3 is 3. The molecule has 3 unspecified atom stereocenters. The molecule has 0 amide bonds. The van der Waals surface area contributed by atoms with E-state index in [1.807, 2.05) is 30.1 Å². The number of anilines is 1. The van der Waals surface area contributed by atoms with Gasteiger partial charge in [-0.05, 0) is 87.6 Å². The average Bonchev–Trinajstić information content (AvgIpc) is 3.90. The molecule has 2 aromatic carbocycles. The molecule has 12 nitrogen and oxygen atoms in total. The number of esters is 2. The molecule has 2 saturated heterocycles. The fraction of sp³-hybridized carbons (Fsp3) is 0.583. The van der Waals surface area contributed by atoms with Crippen LogP contribution in [0.4, 0.5) is 5.69 Å². The van der Waals surface area contributed by atoms with E-state index < -0.39 is 51.5 Å². The van der Waals surface area contributed by atoms with Crippen LogP contribution in [0, 0.1) is 11.3 Å². The van der Waals surface area contributed by atoms with Crippen LogP contribution in [0.25, 0.3) is 10.9 Å². The lowest BCUT2D eigenvalue weighted by atomic mass is 9.47. The van der Waals surface area contributed by atoms with Crippen molar-refractivity contribution in [1.29, 1.82) is 0 Å². The van der Waals surface area contributed by atoms with Crippen molar-refractivity contribution in [2.45, 2.75) is 106 Å². The van der Waals surface area contributed by atoms with Crippen LogP contribution in [0.3, 0.4) is 0 Å². The van der Waals surface area contributed by atoms with Crippen LogP contribution in [-0.2, 0) is 41.1 Å². The second kappa shape index (κ2) is 14.4. The Kier molecular flexibility index (Phi) is 9.81. The van der Waals surface area contributed by atoms with E-state index in [2.05, 4.69) is 65.6 Å². The molecule has 5 aliphatic heterocycles. The van der Waals surface area contributed by atoms with Gasteiger partial charge in [-0.15, -0.1) is 0 Å². The standard InChI is InChI=1S/C48H62N4O8/c1-9-44(55)26-30-16-19-46(42(53)58-7,38-32(17-22-51(27-30)28-44)31-14-11-12-15-35(31)49-38)34-24-33-36(25-37(34)57-6)50(5)40-47(33)20-23-52-21-13-18-45(10-2,39(47)52)41(60-29(3)4)48(40,56)43(54)59-8/h11-15,18,24-25,30,39-41,49,55-56H,3,9-10,16-17,19-23,26-28H2,1-2,4-8H3/t30-,39?,40?,41-,44+,45-,46+,47-,48+/m1/s1. The molecule has 1 aliphatic carbocycles. The second-order valence-electron chi connectivity index (χ2n) is 18.7. The molecule has 1 aromatic heterocycles. The van der Waals surface area contributed by atoms with E-state index in [0.717, 1.165) is 53.0 Å². The number of benzene rings is 2. The smallest absolute Gasteiger partial charge is 0.344 e. The zero-order valence-electron chi connectivity index (χ0n) is 36.3. The van der Waals surface area contributed by atoms with E-state index in [-0.39, 0.29) is 12.0 Å². The molecule has 3 aromatic rings. The van der Waals surface area contributed by atoms with Crippen molar-refractivity contribution in [1.82, 2.24) is 14.8 Å². The molecule has 0 radical (unpaired) electrons. The number of para-hydroxylation sites is 1. The summed E-state index contributed by atoms with van der Waals surface area (Å²) in [5.74, 6) is -0.113. The highest BCUT2D eigenvalue weighted by Gasteiger charge is 2.80. The third-order valence-corrected chi connectivity index (χ3v) is 16.0. The quantitative estimate of drug-likeness (QED) is 0.154. The first-order valence-electron chi connectivity index (χ1n) is 21.9. The molecule has 3 fully saturated rings. The van der Waals surface area contributed by atoms with Crippen molar-refractivity contribution in [3.63, 3.8) is 0 Å². The molecule has 10 atom stereocenters. The molecule has 2 bridgehead atoms. The Bertz CT molecular complexity index is 2270. The molecule has 6 aliphatic rings. The number of likely N-dealkylation sites (N-methyl/N-ethyl adjacent to an activating group) is 1. The number of piperidine rings is 1. The maximum Gasteiger partial charge on any atom is 0.344 e. The molecule has 1 saturated carbocycles. The van der Waals surface area contributed by atoms with Crippen molar-refractivity contribution < 1.29 is 38.7 Å². The normalized spacial score (nSPS) is 36.8. The van der Waals surface area contributed by atoms with Gasteiger partial charge in [-0.3, -0.25) is 14.6 Å². The Morgan fingerprint density at radius 1 is 0.983 bits per heavy atom. The molecule has 9 rings (SSSR count). The molecule has 6 heterocycles. The van der Waals surface area contributed by atoms with Crippen molar-refractivity contribution in [3.05, 3.63) is 83.3 Å². The first-order valence-corrected chi connectivity index (χ1v) is 21.9. The van der Waals surface area contributed by atoms with Crippen molar-refractivity contribution >= 4 is 28.5 Å². The monoisotopic (exact) mass is 822 g/mol. The summed E-state index contributed by atoms with van der Waals surface area (Å²) < 4.78 is 24.5. The van der Waals surface area contributed by atoms with Gasteiger partial charge < -0.3 is 39.0 Å². The van der Waals surface area contributed by atoms with Crippen LogP contribution in [0.15, 0.2) is 60.9 Å². The lowest BCUT2D eigenvalue weighted by Gasteiger charge is -2.63. The van der Waals surface area contributed by atoms with Gasteiger partial charge in [0.05, 0.1) is 38.7 Å². The van der Waals surface area contributed by atoms with Crippen LogP contribution in [-0.4, -0.2) is 127 Å². The lowest BCUT2D eigenvalue weighted by molar-refractivity contribution is -0.222. The number of carbonyl (C=O) groups is 2. The van der Waals surface area contributed by atoms with Crippen molar-refractivity contribution in [2.24, 2.45) is 11.3 Å². The summed E-state index contributed by atoms with van der Waals surface area (Å²) in [4.78, 5) is 40.5. The molecular weight excluding hydrogens is 761 g/mol. The highest BCUT2D eigenvalue weighted by atomic mass is 16.6. The van der Waals surface area contributed by atoms with Gasteiger partial charge in [0.2, 0.25) is 5.60 Å². The summed E-state index contributed by atoms with van der Waals surface area (Å²) >= 11 is 0. The molecule has 60 heavy (non-hydrogen) atoms. The number of rotatable bonds is 8. The van der Waals surface area contributed by atoms with Crippen LogP contribution >= 0.6 is 0 Å². The average molecular weight is 823 g/mol. The van der Waals surface area contributed by atoms with Gasteiger partial charge in [-0.1, -0.05) is 50.8 Å². The number of H-pyrrole nitrogens is 1. The molecule has 3 N–H and O–H groups in total. The SMILES string of the molecule is C=C(C)O[C@@H]1[C@]2(CC)C=CCN3CC[C@@]4(c5cc([C@@]6(C(=O)OC)CC[C@H]7CN(CCc8c6[nH]c6ccccc86)C[C@](O)(CC)C7)c(OC)cc5N(C)C4[C@@]1(O)C(=O)OC)C32. The number of aromatic nitrogens is 1.